The molecular weight excluding hydrogens is 160 g/mol. The predicted molar refractivity (Wildman–Crippen MR) is 58.0 cm³/mol. The summed E-state index contributed by atoms with van der Waals surface area (Å²) in [4.78, 5) is 2.62. The molecule has 2 nitrogen and oxygen atoms in total. The Hall–Kier alpha value is -0.0800. The van der Waals surface area contributed by atoms with Gasteiger partial charge in [-0.1, -0.05) is 0 Å². The van der Waals surface area contributed by atoms with E-state index < -0.39 is 0 Å². The molecule has 1 aliphatic heterocycles. The maximum Gasteiger partial charge on any atom is 0.0159 e. The molecule has 0 aromatic heterocycles. The molecule has 0 aromatic rings. The first-order valence-corrected chi connectivity index (χ1v) is 5.38. The fourth-order valence-electron chi connectivity index (χ4n) is 2.75. The highest BCUT2D eigenvalue weighted by Gasteiger charge is 2.38. The minimum Gasteiger partial charge on any atom is -0.319 e. The molecule has 1 fully saturated rings. The summed E-state index contributed by atoms with van der Waals surface area (Å²) in [5.41, 5.74) is 0.398. The zero-order valence-electron chi connectivity index (χ0n) is 9.72. The van der Waals surface area contributed by atoms with Crippen LogP contribution in [-0.4, -0.2) is 36.6 Å². The lowest BCUT2D eigenvalue weighted by atomic mass is 9.96. The topological polar surface area (TPSA) is 15.3 Å². The fraction of sp³-hybridized carbons (Fsp3) is 1.00. The first-order valence-electron chi connectivity index (χ1n) is 5.38. The highest BCUT2D eigenvalue weighted by atomic mass is 15.2. The summed E-state index contributed by atoms with van der Waals surface area (Å²) in [7, 11) is 2.05. The van der Waals surface area contributed by atoms with E-state index in [9.17, 15) is 0 Å². The molecule has 1 N–H and O–H groups in total. The Balaban J connectivity index is 2.57. The van der Waals surface area contributed by atoms with Crippen LogP contribution in [0.1, 0.15) is 34.1 Å². The largest absolute Gasteiger partial charge is 0.319 e. The summed E-state index contributed by atoms with van der Waals surface area (Å²) >= 11 is 0. The summed E-state index contributed by atoms with van der Waals surface area (Å²) < 4.78 is 0. The highest BCUT2D eigenvalue weighted by Crippen LogP contribution is 2.33. The second-order valence-electron chi connectivity index (χ2n) is 5.19. The molecule has 1 heterocycles. The van der Waals surface area contributed by atoms with Crippen LogP contribution in [0.15, 0.2) is 0 Å². The SMILES string of the molecule is CNCC1CN(C(C)C)C(C)(C)C1. The third kappa shape index (κ3) is 2.44. The molecule has 0 amide bonds. The van der Waals surface area contributed by atoms with Crippen LogP contribution < -0.4 is 5.32 Å². The summed E-state index contributed by atoms with van der Waals surface area (Å²) in [6, 6.07) is 0.678. The lowest BCUT2D eigenvalue weighted by Crippen LogP contribution is -2.42. The van der Waals surface area contributed by atoms with E-state index in [2.05, 4.69) is 37.9 Å². The molecule has 78 valence electrons. The van der Waals surface area contributed by atoms with Crippen molar-refractivity contribution in [3.63, 3.8) is 0 Å². The van der Waals surface area contributed by atoms with Crippen LogP contribution in [0.3, 0.4) is 0 Å². The molecule has 13 heavy (non-hydrogen) atoms. The number of nitrogens with one attached hydrogen (secondary N) is 1. The van der Waals surface area contributed by atoms with Crippen molar-refractivity contribution in [3.05, 3.63) is 0 Å². The van der Waals surface area contributed by atoms with E-state index in [-0.39, 0.29) is 0 Å². The van der Waals surface area contributed by atoms with Gasteiger partial charge in [0.15, 0.2) is 0 Å². The summed E-state index contributed by atoms with van der Waals surface area (Å²) in [6.45, 7) is 11.7. The van der Waals surface area contributed by atoms with Gasteiger partial charge in [-0.05, 0) is 53.6 Å². The number of rotatable bonds is 3. The first-order chi connectivity index (χ1) is 5.97. The predicted octanol–water partition coefficient (Wildman–Crippen LogP) is 1.71. The van der Waals surface area contributed by atoms with Crippen molar-refractivity contribution < 1.29 is 0 Å². The van der Waals surface area contributed by atoms with Crippen LogP contribution in [0.4, 0.5) is 0 Å². The molecule has 0 spiro atoms. The van der Waals surface area contributed by atoms with Gasteiger partial charge in [-0.3, -0.25) is 4.90 Å². The average molecular weight is 184 g/mol. The van der Waals surface area contributed by atoms with E-state index in [0.29, 0.717) is 11.6 Å². The van der Waals surface area contributed by atoms with Gasteiger partial charge >= 0.3 is 0 Å². The van der Waals surface area contributed by atoms with Crippen molar-refractivity contribution in [2.24, 2.45) is 5.92 Å². The minimum atomic E-state index is 0.398. The van der Waals surface area contributed by atoms with Crippen molar-refractivity contribution in [3.8, 4) is 0 Å². The molecule has 0 aliphatic carbocycles. The number of likely N-dealkylation sites (tertiary alicyclic amines) is 1. The van der Waals surface area contributed by atoms with Gasteiger partial charge in [0.05, 0.1) is 0 Å². The second-order valence-corrected chi connectivity index (χ2v) is 5.19. The molecule has 1 unspecified atom stereocenters. The molecule has 0 radical (unpaired) electrons. The maximum atomic E-state index is 3.28. The summed E-state index contributed by atoms with van der Waals surface area (Å²) in [5.74, 6) is 0.836. The molecule has 1 aliphatic rings. The fourth-order valence-corrected chi connectivity index (χ4v) is 2.75. The maximum absolute atomic E-state index is 3.28. The molecule has 1 rings (SSSR count). The third-order valence-corrected chi connectivity index (χ3v) is 3.14. The quantitative estimate of drug-likeness (QED) is 0.718. The lowest BCUT2D eigenvalue weighted by Gasteiger charge is -2.34. The first kappa shape index (κ1) is 11.0. The van der Waals surface area contributed by atoms with E-state index >= 15 is 0 Å². The molecule has 1 saturated heterocycles. The average Bonchev–Trinajstić information content (AvgIpc) is 2.26. The molecular formula is C11H24N2. The van der Waals surface area contributed by atoms with Gasteiger partial charge in [0.1, 0.15) is 0 Å². The second kappa shape index (κ2) is 3.97. The van der Waals surface area contributed by atoms with Crippen LogP contribution in [0, 0.1) is 5.92 Å². The van der Waals surface area contributed by atoms with Gasteiger partial charge in [0, 0.05) is 18.1 Å². The van der Waals surface area contributed by atoms with Crippen molar-refractivity contribution in [2.75, 3.05) is 20.1 Å². The monoisotopic (exact) mass is 184 g/mol. The normalized spacial score (nSPS) is 28.6. The Kier molecular flexibility index (Phi) is 3.36. The smallest absolute Gasteiger partial charge is 0.0159 e. The van der Waals surface area contributed by atoms with E-state index in [1.54, 1.807) is 0 Å². The Bertz CT molecular complexity index is 163. The van der Waals surface area contributed by atoms with E-state index in [1.165, 1.54) is 13.0 Å². The van der Waals surface area contributed by atoms with Gasteiger partial charge in [0.25, 0.3) is 0 Å². The van der Waals surface area contributed by atoms with Gasteiger partial charge in [0.2, 0.25) is 0 Å². The highest BCUT2D eigenvalue weighted by molar-refractivity contribution is 4.94. The van der Waals surface area contributed by atoms with Crippen LogP contribution in [0.25, 0.3) is 0 Å². The zero-order chi connectivity index (χ0) is 10.1. The van der Waals surface area contributed by atoms with Crippen LogP contribution in [-0.2, 0) is 0 Å². The molecule has 0 aromatic carbocycles. The number of hydrogen-bond donors (Lipinski definition) is 1. The lowest BCUT2D eigenvalue weighted by molar-refractivity contribution is 0.134. The number of hydrogen-bond acceptors (Lipinski definition) is 2. The van der Waals surface area contributed by atoms with Gasteiger partial charge < -0.3 is 5.32 Å². The zero-order valence-corrected chi connectivity index (χ0v) is 9.72. The Morgan fingerprint density at radius 1 is 1.46 bits per heavy atom. The van der Waals surface area contributed by atoms with Gasteiger partial charge in [-0.15, -0.1) is 0 Å². The Morgan fingerprint density at radius 2 is 2.08 bits per heavy atom. The van der Waals surface area contributed by atoms with Crippen molar-refractivity contribution >= 4 is 0 Å². The summed E-state index contributed by atoms with van der Waals surface area (Å²) in [5, 5.41) is 3.28. The van der Waals surface area contributed by atoms with E-state index in [1.807, 2.05) is 7.05 Å². The van der Waals surface area contributed by atoms with Crippen molar-refractivity contribution in [2.45, 2.75) is 45.7 Å². The van der Waals surface area contributed by atoms with E-state index in [4.69, 9.17) is 0 Å². The third-order valence-electron chi connectivity index (χ3n) is 3.14. The summed E-state index contributed by atoms with van der Waals surface area (Å²) in [6.07, 6.45) is 1.33. The Labute approximate surface area is 82.7 Å². The van der Waals surface area contributed by atoms with Crippen LogP contribution >= 0.6 is 0 Å². The van der Waals surface area contributed by atoms with E-state index in [0.717, 1.165) is 12.5 Å². The van der Waals surface area contributed by atoms with Crippen molar-refractivity contribution in [1.29, 1.82) is 0 Å². The van der Waals surface area contributed by atoms with Gasteiger partial charge in [-0.2, -0.15) is 0 Å². The standard InChI is InChI=1S/C11H24N2/c1-9(2)13-8-10(7-12-5)6-11(13,3)4/h9-10,12H,6-8H2,1-5H3. The van der Waals surface area contributed by atoms with Crippen molar-refractivity contribution in [1.82, 2.24) is 10.2 Å². The molecule has 0 saturated carbocycles. The molecule has 1 atom stereocenters. The molecule has 0 bridgehead atoms. The van der Waals surface area contributed by atoms with Gasteiger partial charge in [-0.25, -0.2) is 0 Å². The Morgan fingerprint density at radius 3 is 2.46 bits per heavy atom. The van der Waals surface area contributed by atoms with Crippen LogP contribution in [0.2, 0.25) is 0 Å². The van der Waals surface area contributed by atoms with Crippen LogP contribution in [0.5, 0.6) is 0 Å². The molecule has 2 heteroatoms. The minimum absolute atomic E-state index is 0.398. The number of nitrogens with zero attached hydrogens (tertiary/aromatic N) is 1.